The van der Waals surface area contributed by atoms with Gasteiger partial charge >= 0.3 is 0 Å². The number of anilines is 2. The first-order valence-corrected chi connectivity index (χ1v) is 10.9. The van der Waals surface area contributed by atoms with Crippen LogP contribution in [-0.4, -0.2) is 32.7 Å². The van der Waals surface area contributed by atoms with E-state index in [1.807, 2.05) is 17.5 Å². The van der Waals surface area contributed by atoms with E-state index in [0.717, 1.165) is 47.0 Å². The fourth-order valence-corrected chi connectivity index (χ4v) is 4.54. The molecule has 1 aromatic carbocycles. The summed E-state index contributed by atoms with van der Waals surface area (Å²) in [5.41, 5.74) is 3.84. The first-order chi connectivity index (χ1) is 11.3. The lowest BCUT2D eigenvalue weighted by molar-refractivity contribution is 0.598. The standard InChI is InChI=1S/C17H23N3O2S2/c1-12(2)6-8-18-17-19-15(11-23-17)13-4-5-16-14(10-13)7-9-20(16)24(3,21)22/h4-5,10-12H,6-9H2,1-3H3,(H,18,19). The van der Waals surface area contributed by atoms with Crippen LogP contribution in [-0.2, 0) is 16.4 Å². The number of fused-ring (bicyclic) bond motifs is 1. The molecule has 7 heteroatoms. The summed E-state index contributed by atoms with van der Waals surface area (Å²) in [6.45, 7) is 5.87. The largest absolute Gasteiger partial charge is 0.361 e. The molecule has 5 nitrogen and oxygen atoms in total. The summed E-state index contributed by atoms with van der Waals surface area (Å²) in [6, 6.07) is 5.91. The lowest BCUT2D eigenvalue weighted by atomic mass is 10.1. The normalized spacial score (nSPS) is 14.2. The minimum absolute atomic E-state index is 0.524. The van der Waals surface area contributed by atoms with Crippen LogP contribution in [0.5, 0.6) is 0 Å². The zero-order valence-corrected chi connectivity index (χ0v) is 15.9. The van der Waals surface area contributed by atoms with E-state index in [4.69, 9.17) is 0 Å². The lowest BCUT2D eigenvalue weighted by Crippen LogP contribution is -2.27. The highest BCUT2D eigenvalue weighted by atomic mass is 32.2. The van der Waals surface area contributed by atoms with Crippen molar-refractivity contribution >= 4 is 32.2 Å². The van der Waals surface area contributed by atoms with E-state index in [2.05, 4.69) is 30.2 Å². The number of nitrogens with one attached hydrogen (secondary N) is 1. The summed E-state index contributed by atoms with van der Waals surface area (Å²) in [6.07, 6.45) is 3.13. The van der Waals surface area contributed by atoms with Crippen molar-refractivity contribution in [1.29, 1.82) is 0 Å². The molecule has 0 atom stereocenters. The van der Waals surface area contributed by atoms with E-state index in [1.54, 1.807) is 11.3 Å². The van der Waals surface area contributed by atoms with Crippen molar-refractivity contribution in [1.82, 2.24) is 4.98 Å². The smallest absolute Gasteiger partial charge is 0.232 e. The molecule has 0 unspecified atom stereocenters. The van der Waals surface area contributed by atoms with Gasteiger partial charge in [-0.1, -0.05) is 19.9 Å². The Morgan fingerprint density at radius 1 is 1.38 bits per heavy atom. The number of thiazole rings is 1. The average molecular weight is 366 g/mol. The van der Waals surface area contributed by atoms with Gasteiger partial charge in [-0.25, -0.2) is 13.4 Å². The summed E-state index contributed by atoms with van der Waals surface area (Å²) in [7, 11) is -3.20. The second-order valence-electron chi connectivity index (χ2n) is 6.58. The molecule has 0 fully saturated rings. The molecule has 2 aromatic rings. The quantitative estimate of drug-likeness (QED) is 0.850. The van der Waals surface area contributed by atoms with Crippen LogP contribution in [0.25, 0.3) is 11.3 Å². The van der Waals surface area contributed by atoms with Crippen molar-refractivity contribution in [2.24, 2.45) is 5.92 Å². The number of hydrogen-bond donors (Lipinski definition) is 1. The number of hydrogen-bond acceptors (Lipinski definition) is 5. The molecule has 130 valence electrons. The molecule has 1 N–H and O–H groups in total. The predicted molar refractivity (Wildman–Crippen MR) is 101 cm³/mol. The van der Waals surface area contributed by atoms with Crippen molar-refractivity contribution in [3.63, 3.8) is 0 Å². The lowest BCUT2D eigenvalue weighted by Gasteiger charge is -2.16. The minimum atomic E-state index is -3.20. The van der Waals surface area contributed by atoms with Gasteiger partial charge in [-0.15, -0.1) is 11.3 Å². The molecule has 0 bridgehead atoms. The van der Waals surface area contributed by atoms with Gasteiger partial charge in [0.25, 0.3) is 0 Å². The molecular weight excluding hydrogens is 342 g/mol. The topological polar surface area (TPSA) is 62.3 Å². The Kier molecular flexibility index (Phi) is 4.83. The number of rotatable bonds is 6. The molecular formula is C17H23N3O2S2. The van der Waals surface area contributed by atoms with Crippen molar-refractivity contribution in [2.75, 3.05) is 29.0 Å². The van der Waals surface area contributed by atoms with Crippen molar-refractivity contribution in [3.05, 3.63) is 29.1 Å². The van der Waals surface area contributed by atoms with Gasteiger partial charge in [0.1, 0.15) is 0 Å². The minimum Gasteiger partial charge on any atom is -0.361 e. The molecule has 0 radical (unpaired) electrons. The van der Waals surface area contributed by atoms with Crippen molar-refractivity contribution in [2.45, 2.75) is 26.7 Å². The van der Waals surface area contributed by atoms with E-state index >= 15 is 0 Å². The van der Waals surface area contributed by atoms with Gasteiger partial charge in [-0.3, -0.25) is 4.31 Å². The summed E-state index contributed by atoms with van der Waals surface area (Å²) in [4.78, 5) is 4.65. The molecule has 0 amide bonds. The van der Waals surface area contributed by atoms with Crippen LogP contribution in [0, 0.1) is 5.92 Å². The number of nitrogens with zero attached hydrogens (tertiary/aromatic N) is 2. The Labute approximate surface area is 147 Å². The Balaban J connectivity index is 1.76. The third kappa shape index (κ3) is 3.72. The molecule has 1 aromatic heterocycles. The van der Waals surface area contributed by atoms with Gasteiger partial charge in [0.15, 0.2) is 5.13 Å². The van der Waals surface area contributed by atoms with E-state index in [-0.39, 0.29) is 0 Å². The number of benzene rings is 1. The Bertz CT molecular complexity index is 828. The Morgan fingerprint density at radius 3 is 2.88 bits per heavy atom. The third-order valence-electron chi connectivity index (χ3n) is 4.13. The highest BCUT2D eigenvalue weighted by Gasteiger charge is 2.26. The maximum atomic E-state index is 11.8. The van der Waals surface area contributed by atoms with E-state index in [9.17, 15) is 8.42 Å². The fraction of sp³-hybridized carbons (Fsp3) is 0.471. The van der Waals surface area contributed by atoms with Crippen LogP contribution < -0.4 is 9.62 Å². The van der Waals surface area contributed by atoms with Crippen molar-refractivity contribution < 1.29 is 8.42 Å². The zero-order valence-electron chi connectivity index (χ0n) is 14.2. The number of sulfonamides is 1. The molecule has 0 spiro atoms. The van der Waals surface area contributed by atoms with E-state index in [1.165, 1.54) is 10.6 Å². The van der Waals surface area contributed by atoms with Crippen LogP contribution in [0.1, 0.15) is 25.8 Å². The van der Waals surface area contributed by atoms with Crippen LogP contribution in [0.3, 0.4) is 0 Å². The van der Waals surface area contributed by atoms with Gasteiger partial charge in [-0.2, -0.15) is 0 Å². The van der Waals surface area contributed by atoms with Crippen molar-refractivity contribution in [3.8, 4) is 11.3 Å². The molecule has 1 aliphatic rings. The first-order valence-electron chi connectivity index (χ1n) is 8.15. The maximum Gasteiger partial charge on any atom is 0.232 e. The average Bonchev–Trinajstić information content (AvgIpc) is 3.11. The van der Waals surface area contributed by atoms with Gasteiger partial charge in [-0.05, 0) is 36.5 Å². The van der Waals surface area contributed by atoms with Gasteiger partial charge in [0.2, 0.25) is 10.0 Å². The molecule has 0 saturated heterocycles. The van der Waals surface area contributed by atoms with Gasteiger partial charge in [0, 0.05) is 24.0 Å². The number of aromatic nitrogens is 1. The first kappa shape index (κ1) is 17.2. The molecule has 2 heterocycles. The zero-order chi connectivity index (χ0) is 17.3. The monoisotopic (exact) mass is 365 g/mol. The van der Waals surface area contributed by atoms with Gasteiger partial charge < -0.3 is 5.32 Å². The van der Waals surface area contributed by atoms with Crippen LogP contribution in [0.15, 0.2) is 23.6 Å². The van der Waals surface area contributed by atoms with Crippen LogP contribution in [0.4, 0.5) is 10.8 Å². The second-order valence-corrected chi connectivity index (χ2v) is 9.34. The molecule has 0 aliphatic carbocycles. The molecule has 3 rings (SSSR count). The Morgan fingerprint density at radius 2 is 2.17 bits per heavy atom. The molecule has 1 aliphatic heterocycles. The molecule has 0 saturated carbocycles. The summed E-state index contributed by atoms with van der Waals surface area (Å²) >= 11 is 1.61. The highest BCUT2D eigenvalue weighted by molar-refractivity contribution is 7.92. The summed E-state index contributed by atoms with van der Waals surface area (Å²) in [5, 5.41) is 6.34. The van der Waals surface area contributed by atoms with E-state index in [0.29, 0.717) is 12.5 Å². The predicted octanol–water partition coefficient (Wildman–Crippen LogP) is 3.59. The maximum absolute atomic E-state index is 11.8. The summed E-state index contributed by atoms with van der Waals surface area (Å²) in [5.74, 6) is 0.673. The summed E-state index contributed by atoms with van der Waals surface area (Å²) < 4.78 is 25.1. The Hall–Kier alpha value is -1.60. The van der Waals surface area contributed by atoms with Gasteiger partial charge in [0.05, 0.1) is 17.6 Å². The SMILES string of the molecule is CC(C)CCNc1nc(-c2ccc3c(c2)CCN3S(C)(=O)=O)cs1. The second kappa shape index (κ2) is 6.72. The highest BCUT2D eigenvalue weighted by Crippen LogP contribution is 2.34. The van der Waals surface area contributed by atoms with Crippen LogP contribution >= 0.6 is 11.3 Å². The third-order valence-corrected chi connectivity index (χ3v) is 6.11. The molecule has 24 heavy (non-hydrogen) atoms. The van der Waals surface area contributed by atoms with Crippen LogP contribution in [0.2, 0.25) is 0 Å². The van der Waals surface area contributed by atoms with E-state index < -0.39 is 10.0 Å². The fourth-order valence-electron chi connectivity index (χ4n) is 2.83.